The number of hydrogen-bond donors (Lipinski definition) is 3. The van der Waals surface area contributed by atoms with E-state index in [0.717, 1.165) is 21.3 Å². The van der Waals surface area contributed by atoms with E-state index < -0.39 is 36.8 Å². The van der Waals surface area contributed by atoms with Crippen molar-refractivity contribution in [3.05, 3.63) is 0 Å². The Kier molecular flexibility index (Phi) is 24.0. The molecule has 0 amide bonds. The monoisotopic (exact) mass is 524 g/mol. The molecule has 3 unspecified atom stereocenters. The van der Waals surface area contributed by atoms with Gasteiger partial charge in [0.1, 0.15) is 0 Å². The number of carboxylic acids is 3. The van der Waals surface area contributed by atoms with Crippen LogP contribution in [0, 0.1) is 0 Å². The molecular formula is C9H15BiO12. The number of carboxylic acid groups (broad SMARTS) is 3. The topological polar surface area (TPSA) is 209 Å². The molecule has 0 aliphatic rings. The number of methoxy groups -OCH3 is 3. The molecule has 12 nitrogen and oxygen atoms in total. The van der Waals surface area contributed by atoms with Crippen LogP contribution >= 0.6 is 0 Å². The molecule has 0 heterocycles. The standard InChI is InChI=1S/3C3H6O4.Bi/c3*1-7-3(6)2(4)5;/h3*3,6H,1H3,(H,4,5);/q;;;+3/p-3. The second kappa shape index (κ2) is 18.1. The second-order valence-electron chi connectivity index (χ2n) is 2.72. The van der Waals surface area contributed by atoms with Gasteiger partial charge in [0, 0.05) is 21.3 Å². The Bertz CT molecular complexity index is 261. The van der Waals surface area contributed by atoms with Crippen LogP contribution in [0.15, 0.2) is 0 Å². The van der Waals surface area contributed by atoms with Crippen molar-refractivity contribution in [3.63, 3.8) is 0 Å². The minimum absolute atomic E-state index is 0. The van der Waals surface area contributed by atoms with Crippen LogP contribution in [-0.4, -0.2) is 99.6 Å². The zero-order chi connectivity index (χ0) is 17.6. The maximum absolute atomic E-state index is 9.44. The van der Waals surface area contributed by atoms with Crippen molar-refractivity contribution in [2.45, 2.75) is 18.9 Å². The molecule has 0 aromatic carbocycles. The number of aliphatic hydroxyl groups excluding tert-OH is 3. The van der Waals surface area contributed by atoms with E-state index in [-0.39, 0.29) is 26.2 Å². The Labute approximate surface area is 144 Å². The van der Waals surface area contributed by atoms with Crippen molar-refractivity contribution in [1.82, 2.24) is 0 Å². The van der Waals surface area contributed by atoms with Gasteiger partial charge in [-0.3, -0.25) is 0 Å². The van der Waals surface area contributed by atoms with E-state index in [2.05, 4.69) is 14.2 Å². The first-order valence-corrected chi connectivity index (χ1v) is 4.80. The van der Waals surface area contributed by atoms with Gasteiger partial charge < -0.3 is 59.2 Å². The third-order valence-electron chi connectivity index (χ3n) is 1.27. The third-order valence-corrected chi connectivity index (χ3v) is 1.27. The summed E-state index contributed by atoms with van der Waals surface area (Å²) >= 11 is 0. The van der Waals surface area contributed by atoms with Gasteiger partial charge in [0.2, 0.25) is 0 Å². The van der Waals surface area contributed by atoms with Gasteiger partial charge >= 0.3 is 26.2 Å². The van der Waals surface area contributed by atoms with Crippen molar-refractivity contribution in [1.29, 1.82) is 0 Å². The average Bonchev–Trinajstić information content (AvgIpc) is 2.45. The first-order valence-electron chi connectivity index (χ1n) is 4.80. The fourth-order valence-electron chi connectivity index (χ4n) is 0.289. The number of hydrogen-bond acceptors (Lipinski definition) is 12. The second-order valence-corrected chi connectivity index (χ2v) is 2.72. The molecule has 0 aliphatic carbocycles. The molecule has 0 saturated carbocycles. The number of aliphatic carboxylic acids is 3. The van der Waals surface area contributed by atoms with Gasteiger partial charge in [-0.25, -0.2) is 0 Å². The summed E-state index contributed by atoms with van der Waals surface area (Å²) in [5.41, 5.74) is 0. The van der Waals surface area contributed by atoms with E-state index in [4.69, 9.17) is 15.3 Å². The van der Waals surface area contributed by atoms with E-state index >= 15 is 0 Å². The van der Waals surface area contributed by atoms with Gasteiger partial charge in [0.05, 0.1) is 17.9 Å². The third kappa shape index (κ3) is 21.4. The maximum atomic E-state index is 9.44. The van der Waals surface area contributed by atoms with Crippen LogP contribution in [-0.2, 0) is 28.6 Å². The Balaban J connectivity index is -0.000000108. The molecule has 0 aromatic rings. The minimum atomic E-state index is -1.79. The van der Waals surface area contributed by atoms with Gasteiger partial charge in [0.15, 0.2) is 18.9 Å². The zero-order valence-corrected chi connectivity index (χ0v) is 15.2. The van der Waals surface area contributed by atoms with E-state index in [1.165, 1.54) is 0 Å². The van der Waals surface area contributed by atoms with Gasteiger partial charge in [0.25, 0.3) is 0 Å². The molecule has 22 heavy (non-hydrogen) atoms. The number of rotatable bonds is 6. The summed E-state index contributed by atoms with van der Waals surface area (Å²) in [4.78, 5) is 28.3. The van der Waals surface area contributed by atoms with E-state index in [1.54, 1.807) is 0 Å². The minimum Gasteiger partial charge on any atom is -0.545 e. The summed E-state index contributed by atoms with van der Waals surface area (Å²) in [6.45, 7) is 0. The number of carbonyl (C=O) groups excluding carboxylic acids is 3. The summed E-state index contributed by atoms with van der Waals surface area (Å²) in [5, 5.41) is 52.5. The SMILES string of the molecule is COC(O)C(=O)[O-].COC(O)C(=O)[O-].COC(O)C(=O)[O-].[Bi+3]. The largest absolute Gasteiger partial charge is 3.00 e. The Morgan fingerprint density at radius 3 is 0.818 bits per heavy atom. The number of aliphatic hydroxyl groups is 3. The van der Waals surface area contributed by atoms with Crippen LogP contribution in [0.3, 0.4) is 0 Å². The number of ether oxygens (including phenoxy) is 3. The predicted molar refractivity (Wildman–Crippen MR) is 59.8 cm³/mol. The molecule has 128 valence electrons. The van der Waals surface area contributed by atoms with Crippen LogP contribution in [0.5, 0.6) is 0 Å². The summed E-state index contributed by atoms with van der Waals surface area (Å²) in [5.74, 6) is -4.87. The molecular weight excluding hydrogens is 509 g/mol. The molecule has 0 bridgehead atoms. The van der Waals surface area contributed by atoms with Crippen molar-refractivity contribution in [2.24, 2.45) is 0 Å². The van der Waals surface area contributed by atoms with Crippen molar-refractivity contribution in [2.75, 3.05) is 21.3 Å². The normalized spacial score (nSPS) is 12.8. The van der Waals surface area contributed by atoms with E-state index in [1.807, 2.05) is 0 Å². The van der Waals surface area contributed by atoms with Crippen LogP contribution in [0.4, 0.5) is 0 Å². The summed E-state index contributed by atoms with van der Waals surface area (Å²) in [6.07, 6.45) is -5.38. The molecule has 0 fully saturated rings. The van der Waals surface area contributed by atoms with Gasteiger partial charge in [-0.1, -0.05) is 0 Å². The number of carbonyl (C=O) groups is 3. The summed E-state index contributed by atoms with van der Waals surface area (Å²) < 4.78 is 11.7. The molecule has 0 saturated heterocycles. The van der Waals surface area contributed by atoms with Crippen LogP contribution in [0.1, 0.15) is 0 Å². The van der Waals surface area contributed by atoms with Crippen molar-refractivity contribution < 1.29 is 59.2 Å². The zero-order valence-electron chi connectivity index (χ0n) is 11.7. The van der Waals surface area contributed by atoms with Crippen molar-refractivity contribution >= 4 is 44.1 Å². The quantitative estimate of drug-likeness (QED) is 0.219. The molecule has 3 atom stereocenters. The fraction of sp³-hybridized carbons (Fsp3) is 0.667. The fourth-order valence-corrected chi connectivity index (χ4v) is 0.289. The molecule has 0 spiro atoms. The maximum Gasteiger partial charge on any atom is 3.00 e. The van der Waals surface area contributed by atoms with Gasteiger partial charge in [-0.05, 0) is 0 Å². The first-order chi connectivity index (χ1) is 9.54. The van der Waals surface area contributed by atoms with Crippen LogP contribution < -0.4 is 15.3 Å². The summed E-state index contributed by atoms with van der Waals surface area (Å²) in [7, 11) is 3.21. The van der Waals surface area contributed by atoms with Gasteiger partial charge in [-0.2, -0.15) is 0 Å². The molecule has 13 heteroatoms. The molecule has 0 aliphatic heterocycles. The Morgan fingerprint density at radius 1 is 0.682 bits per heavy atom. The average molecular weight is 524 g/mol. The van der Waals surface area contributed by atoms with E-state index in [9.17, 15) is 29.7 Å². The van der Waals surface area contributed by atoms with Crippen molar-refractivity contribution in [3.8, 4) is 0 Å². The smallest absolute Gasteiger partial charge is 0.545 e. The molecule has 2 radical (unpaired) electrons. The van der Waals surface area contributed by atoms with Crippen LogP contribution in [0.25, 0.3) is 0 Å². The predicted octanol–water partition coefficient (Wildman–Crippen LogP) is -7.28. The van der Waals surface area contributed by atoms with E-state index in [0.29, 0.717) is 0 Å². The van der Waals surface area contributed by atoms with Crippen LogP contribution in [0.2, 0.25) is 0 Å². The first kappa shape index (κ1) is 29.1. The molecule has 0 aromatic heterocycles. The Morgan fingerprint density at radius 2 is 0.818 bits per heavy atom. The van der Waals surface area contributed by atoms with Gasteiger partial charge in [-0.15, -0.1) is 0 Å². The summed E-state index contributed by atoms with van der Waals surface area (Å²) in [6, 6.07) is 0. The Hall–Kier alpha value is -0.947. The molecule has 0 rings (SSSR count). The molecule has 3 N–H and O–H groups in total.